The molecule has 4 rings (SSSR count). The molecule has 3 amide bonds. The molecule has 0 unspecified atom stereocenters. The van der Waals surface area contributed by atoms with E-state index in [-0.39, 0.29) is 42.2 Å². The van der Waals surface area contributed by atoms with Crippen LogP contribution in [0.3, 0.4) is 0 Å². The van der Waals surface area contributed by atoms with Crippen molar-refractivity contribution in [3.05, 3.63) is 70.6 Å². The van der Waals surface area contributed by atoms with Crippen LogP contribution in [0.15, 0.2) is 48.7 Å². The zero-order valence-electron chi connectivity index (χ0n) is 18.4. The third kappa shape index (κ3) is 4.61. The van der Waals surface area contributed by atoms with Crippen molar-refractivity contribution in [1.82, 2.24) is 14.8 Å². The zero-order chi connectivity index (χ0) is 24.6. The number of carbonyl (C=O) groups excluding carboxylic acids is 3. The number of alkyl halides is 1. The van der Waals surface area contributed by atoms with Crippen molar-refractivity contribution in [3.8, 4) is 0 Å². The van der Waals surface area contributed by atoms with Gasteiger partial charge >= 0.3 is 0 Å². The lowest BCUT2D eigenvalue weighted by Crippen LogP contribution is -2.46. The fourth-order valence-corrected chi connectivity index (χ4v) is 4.53. The van der Waals surface area contributed by atoms with Crippen molar-refractivity contribution in [2.24, 2.45) is 5.73 Å². The van der Waals surface area contributed by atoms with Crippen LogP contribution in [0.1, 0.15) is 29.3 Å². The molecule has 2 heterocycles. The molecule has 0 bridgehead atoms. The second-order valence-corrected chi connectivity index (χ2v) is 9.04. The van der Waals surface area contributed by atoms with E-state index < -0.39 is 35.2 Å². The van der Waals surface area contributed by atoms with Crippen molar-refractivity contribution < 1.29 is 23.2 Å². The molecule has 1 aromatic heterocycles. The normalized spacial score (nSPS) is 20.0. The van der Waals surface area contributed by atoms with Gasteiger partial charge in [0.25, 0.3) is 5.91 Å². The Balaban J connectivity index is 1.53. The van der Waals surface area contributed by atoms with E-state index in [0.29, 0.717) is 10.9 Å². The molecule has 0 radical (unpaired) electrons. The van der Waals surface area contributed by atoms with Gasteiger partial charge in [0.05, 0.1) is 17.1 Å². The number of aromatic nitrogens is 1. The second kappa shape index (κ2) is 9.06. The van der Waals surface area contributed by atoms with Crippen molar-refractivity contribution in [1.29, 1.82) is 0 Å². The summed E-state index contributed by atoms with van der Waals surface area (Å²) in [7, 11) is 0. The predicted octanol–water partition coefficient (Wildman–Crippen LogP) is 3.18. The van der Waals surface area contributed by atoms with E-state index in [1.54, 1.807) is 34.9 Å². The number of carbonyl (C=O) groups is 3. The number of nitrogens with two attached hydrogens (primary N) is 1. The van der Waals surface area contributed by atoms with Gasteiger partial charge in [-0.2, -0.15) is 0 Å². The van der Waals surface area contributed by atoms with Crippen molar-refractivity contribution in [2.75, 3.05) is 6.54 Å². The van der Waals surface area contributed by atoms with Crippen LogP contribution in [0.25, 0.3) is 10.9 Å². The summed E-state index contributed by atoms with van der Waals surface area (Å²) < 4.78 is 30.6. The number of nitrogens with zero attached hydrogens (tertiary/aromatic N) is 2. The van der Waals surface area contributed by atoms with Crippen LogP contribution in [0.2, 0.25) is 5.02 Å². The van der Waals surface area contributed by atoms with Gasteiger partial charge in [0.2, 0.25) is 11.8 Å². The Labute approximate surface area is 199 Å². The summed E-state index contributed by atoms with van der Waals surface area (Å²) in [4.78, 5) is 39.0. The Morgan fingerprint density at radius 1 is 1.21 bits per heavy atom. The number of hydrogen-bond acceptors (Lipinski definition) is 3. The molecule has 10 heteroatoms. The van der Waals surface area contributed by atoms with Gasteiger partial charge in [-0.1, -0.05) is 41.9 Å². The number of halogens is 3. The lowest BCUT2D eigenvalue weighted by molar-refractivity contribution is -0.139. The lowest BCUT2D eigenvalue weighted by Gasteiger charge is -2.24. The van der Waals surface area contributed by atoms with E-state index in [9.17, 15) is 23.2 Å². The Hall–Kier alpha value is -3.46. The maximum atomic E-state index is 14.9. The van der Waals surface area contributed by atoms with Crippen LogP contribution < -0.4 is 11.1 Å². The third-order valence-corrected chi connectivity index (χ3v) is 6.25. The summed E-state index contributed by atoms with van der Waals surface area (Å²) in [5, 5.41) is 3.10. The number of nitrogens with one attached hydrogen (secondary N) is 1. The first-order valence-electron chi connectivity index (χ1n) is 10.6. The number of likely N-dealkylation sites (tertiary alicyclic amines) is 1. The maximum Gasteiger partial charge on any atom is 0.250 e. The summed E-state index contributed by atoms with van der Waals surface area (Å²) in [6.45, 7) is 0.693. The molecule has 3 aromatic rings. The number of rotatable bonds is 6. The van der Waals surface area contributed by atoms with Gasteiger partial charge in [0.1, 0.15) is 24.1 Å². The van der Waals surface area contributed by atoms with E-state index in [2.05, 4.69) is 5.32 Å². The van der Waals surface area contributed by atoms with Gasteiger partial charge in [-0.25, -0.2) is 8.78 Å². The number of para-hydroxylation sites is 1. The summed E-state index contributed by atoms with van der Waals surface area (Å²) in [5.41, 5.74) is 4.75. The SMILES string of the molecule is C[C@@]1(F)C[C@@H](C(=O)NCc2cccc(Cl)c2F)N(C(=O)Cn2cc(C(N)=O)c3ccccc32)C1. The highest BCUT2D eigenvalue weighted by molar-refractivity contribution is 6.30. The molecular formula is C24H23ClF2N4O3. The van der Waals surface area contributed by atoms with Crippen LogP contribution in [0, 0.1) is 5.82 Å². The van der Waals surface area contributed by atoms with Crippen LogP contribution >= 0.6 is 11.6 Å². The largest absolute Gasteiger partial charge is 0.366 e. The molecule has 2 atom stereocenters. The standard InChI is InChI=1S/C24H23ClF2N4O3/c1-24(27)9-19(23(34)29-10-14-5-4-7-17(25)21(14)26)31(13-24)20(32)12-30-11-16(22(28)33)15-6-2-3-8-18(15)30/h2-8,11,19H,9-10,12-13H2,1H3,(H2,28,33)(H,29,34)/t19-,24+/m0/s1. The first-order valence-corrected chi connectivity index (χ1v) is 11.0. The minimum Gasteiger partial charge on any atom is -0.366 e. The number of primary amides is 1. The number of benzene rings is 2. The van der Waals surface area contributed by atoms with Gasteiger partial charge in [-0.15, -0.1) is 0 Å². The maximum absolute atomic E-state index is 14.9. The molecule has 0 saturated carbocycles. The third-order valence-electron chi connectivity index (χ3n) is 5.96. The second-order valence-electron chi connectivity index (χ2n) is 8.64. The number of fused-ring (bicyclic) bond motifs is 1. The van der Waals surface area contributed by atoms with Crippen molar-refractivity contribution in [2.45, 2.75) is 38.1 Å². The lowest BCUT2D eigenvalue weighted by atomic mass is 10.0. The molecule has 1 aliphatic heterocycles. The summed E-state index contributed by atoms with van der Waals surface area (Å²) in [6, 6.07) is 10.3. The smallest absolute Gasteiger partial charge is 0.250 e. The molecule has 2 aromatic carbocycles. The highest BCUT2D eigenvalue weighted by Gasteiger charge is 2.46. The van der Waals surface area contributed by atoms with E-state index in [4.69, 9.17) is 17.3 Å². The van der Waals surface area contributed by atoms with Crippen LogP contribution in [0.4, 0.5) is 8.78 Å². The molecule has 1 aliphatic rings. The van der Waals surface area contributed by atoms with Gasteiger partial charge in [-0.3, -0.25) is 14.4 Å². The number of amides is 3. The molecule has 7 nitrogen and oxygen atoms in total. The van der Waals surface area contributed by atoms with E-state index in [1.807, 2.05) is 0 Å². The number of hydrogen-bond donors (Lipinski definition) is 2. The Kier molecular flexibility index (Phi) is 6.31. The Morgan fingerprint density at radius 2 is 1.94 bits per heavy atom. The highest BCUT2D eigenvalue weighted by Crippen LogP contribution is 2.31. The topological polar surface area (TPSA) is 97.4 Å². The molecule has 0 aliphatic carbocycles. The van der Waals surface area contributed by atoms with Gasteiger partial charge in [-0.05, 0) is 19.1 Å². The fourth-order valence-electron chi connectivity index (χ4n) is 4.34. The molecule has 178 valence electrons. The molecule has 34 heavy (non-hydrogen) atoms. The first kappa shape index (κ1) is 23.7. The summed E-state index contributed by atoms with van der Waals surface area (Å²) >= 11 is 5.78. The van der Waals surface area contributed by atoms with Gasteiger partial charge in [0, 0.05) is 35.6 Å². The van der Waals surface area contributed by atoms with Gasteiger partial charge in [0.15, 0.2) is 0 Å². The van der Waals surface area contributed by atoms with Gasteiger partial charge < -0.3 is 20.5 Å². The quantitative estimate of drug-likeness (QED) is 0.557. The summed E-state index contributed by atoms with van der Waals surface area (Å²) in [5.74, 6) is -2.37. The van der Waals surface area contributed by atoms with E-state index in [0.717, 1.165) is 0 Å². The summed E-state index contributed by atoms with van der Waals surface area (Å²) in [6.07, 6.45) is 1.29. The Morgan fingerprint density at radius 3 is 2.68 bits per heavy atom. The van der Waals surface area contributed by atoms with E-state index in [1.165, 1.54) is 30.2 Å². The zero-order valence-corrected chi connectivity index (χ0v) is 19.1. The van der Waals surface area contributed by atoms with Crippen LogP contribution in [0.5, 0.6) is 0 Å². The Bertz CT molecular complexity index is 1290. The van der Waals surface area contributed by atoms with Crippen molar-refractivity contribution >= 4 is 40.2 Å². The molecule has 0 spiro atoms. The van der Waals surface area contributed by atoms with E-state index >= 15 is 0 Å². The monoisotopic (exact) mass is 488 g/mol. The average molecular weight is 489 g/mol. The van der Waals surface area contributed by atoms with Crippen molar-refractivity contribution in [3.63, 3.8) is 0 Å². The average Bonchev–Trinajstić information content (AvgIpc) is 3.32. The molecular weight excluding hydrogens is 466 g/mol. The molecule has 1 saturated heterocycles. The highest BCUT2D eigenvalue weighted by atomic mass is 35.5. The minimum atomic E-state index is -1.77. The minimum absolute atomic E-state index is 0.0740. The first-order chi connectivity index (χ1) is 16.1. The fraction of sp³-hybridized carbons (Fsp3) is 0.292. The predicted molar refractivity (Wildman–Crippen MR) is 123 cm³/mol. The van der Waals surface area contributed by atoms with Crippen LogP contribution in [-0.4, -0.2) is 45.4 Å². The molecule has 3 N–H and O–H groups in total. The van der Waals surface area contributed by atoms with Crippen LogP contribution in [-0.2, 0) is 22.7 Å². The molecule has 1 fully saturated rings.